The minimum Gasteiger partial charge on any atom is -0.481 e. The molecule has 0 aromatic carbocycles. The summed E-state index contributed by atoms with van der Waals surface area (Å²) in [5.41, 5.74) is -2.36. The van der Waals surface area contributed by atoms with Gasteiger partial charge in [0.25, 0.3) is 0 Å². The molecule has 0 aromatic rings. The summed E-state index contributed by atoms with van der Waals surface area (Å²) in [5.74, 6) is -2.32. The molecular weight excluding hydrogens is 196 g/mol. The van der Waals surface area contributed by atoms with E-state index in [4.69, 9.17) is 0 Å². The number of hydrogen-bond acceptors (Lipinski definition) is 2. The molecule has 1 saturated carbocycles. The van der Waals surface area contributed by atoms with Gasteiger partial charge in [0, 0.05) is 0 Å². The van der Waals surface area contributed by atoms with Crippen molar-refractivity contribution in [2.75, 3.05) is 0 Å². The molecule has 0 heterocycles. The summed E-state index contributed by atoms with van der Waals surface area (Å²) < 4.78 is 0. The van der Waals surface area contributed by atoms with Crippen LogP contribution in [0.1, 0.15) is 20.3 Å². The van der Waals surface area contributed by atoms with Crippen LogP contribution in [-0.4, -0.2) is 22.2 Å². The maximum absolute atomic E-state index is 11.3. The molecule has 0 aliphatic heterocycles. The van der Waals surface area contributed by atoms with Crippen LogP contribution in [0.4, 0.5) is 0 Å². The Kier molecular flexibility index (Phi) is 1.78. The molecule has 15 heavy (non-hydrogen) atoms. The van der Waals surface area contributed by atoms with Crippen LogP contribution in [0, 0.1) is 22.7 Å². The topological polar surface area (TPSA) is 74.6 Å². The van der Waals surface area contributed by atoms with E-state index in [-0.39, 0.29) is 11.8 Å². The van der Waals surface area contributed by atoms with Crippen molar-refractivity contribution in [2.24, 2.45) is 22.7 Å². The van der Waals surface area contributed by atoms with Gasteiger partial charge >= 0.3 is 11.9 Å². The van der Waals surface area contributed by atoms with Gasteiger partial charge in [0.15, 0.2) is 0 Å². The van der Waals surface area contributed by atoms with Crippen LogP contribution in [0.25, 0.3) is 0 Å². The highest BCUT2D eigenvalue weighted by atomic mass is 16.4. The van der Waals surface area contributed by atoms with E-state index >= 15 is 0 Å². The van der Waals surface area contributed by atoms with Gasteiger partial charge in [-0.25, -0.2) is 0 Å². The number of aliphatic carboxylic acids is 2. The van der Waals surface area contributed by atoms with Crippen LogP contribution in [0.3, 0.4) is 0 Å². The Morgan fingerprint density at radius 3 is 1.67 bits per heavy atom. The van der Waals surface area contributed by atoms with Gasteiger partial charge in [-0.1, -0.05) is 12.2 Å². The van der Waals surface area contributed by atoms with Crippen molar-refractivity contribution in [3.05, 3.63) is 12.2 Å². The number of fused-ring (bicyclic) bond motifs is 2. The molecule has 0 spiro atoms. The third kappa shape index (κ3) is 0.874. The Hall–Kier alpha value is -1.32. The third-order valence-electron chi connectivity index (χ3n) is 4.53. The molecule has 2 N–H and O–H groups in total. The average Bonchev–Trinajstić information content (AvgIpc) is 2.69. The van der Waals surface area contributed by atoms with Gasteiger partial charge in [0.05, 0.1) is 10.8 Å². The number of carboxylic acid groups (broad SMARTS) is 2. The molecule has 4 heteroatoms. The number of rotatable bonds is 2. The fourth-order valence-electron chi connectivity index (χ4n) is 3.09. The van der Waals surface area contributed by atoms with Gasteiger partial charge in [-0.3, -0.25) is 9.59 Å². The largest absolute Gasteiger partial charge is 0.481 e. The summed E-state index contributed by atoms with van der Waals surface area (Å²) in [6.45, 7) is 3.11. The van der Waals surface area contributed by atoms with Gasteiger partial charge in [0.2, 0.25) is 0 Å². The van der Waals surface area contributed by atoms with Gasteiger partial charge in [0.1, 0.15) is 0 Å². The van der Waals surface area contributed by atoms with Crippen LogP contribution in [0.5, 0.6) is 0 Å². The summed E-state index contributed by atoms with van der Waals surface area (Å²) in [6, 6.07) is 0. The summed E-state index contributed by atoms with van der Waals surface area (Å²) >= 11 is 0. The highest BCUT2D eigenvalue weighted by Crippen LogP contribution is 2.63. The van der Waals surface area contributed by atoms with Crippen LogP contribution < -0.4 is 0 Å². The number of hydrogen-bond donors (Lipinski definition) is 2. The zero-order valence-electron chi connectivity index (χ0n) is 8.73. The van der Waals surface area contributed by atoms with Crippen molar-refractivity contribution in [1.82, 2.24) is 0 Å². The van der Waals surface area contributed by atoms with Crippen molar-refractivity contribution < 1.29 is 19.8 Å². The summed E-state index contributed by atoms with van der Waals surface area (Å²) in [4.78, 5) is 22.7. The Bertz CT molecular complexity index is 339. The van der Waals surface area contributed by atoms with Crippen molar-refractivity contribution >= 4 is 11.9 Å². The Morgan fingerprint density at radius 2 is 1.40 bits per heavy atom. The number of carboxylic acids is 2. The summed E-state index contributed by atoms with van der Waals surface area (Å²) in [7, 11) is 0. The fraction of sp³-hybridized carbons (Fsp3) is 0.636. The first-order valence-electron chi connectivity index (χ1n) is 5.00. The lowest BCUT2D eigenvalue weighted by molar-refractivity contribution is -0.172. The molecule has 2 bridgehead atoms. The van der Waals surface area contributed by atoms with Gasteiger partial charge in [-0.15, -0.1) is 0 Å². The molecule has 82 valence electrons. The summed E-state index contributed by atoms with van der Waals surface area (Å²) in [5, 5.41) is 18.6. The minimum absolute atomic E-state index is 0.152. The standard InChI is InChI=1S/C11H14O4/c1-10(8(12)13)6-3-4-7(5-6)11(10,2)9(14)15/h3-4,6-7H,5H2,1-2H3,(H,12,13)(H,14,15)/t6-,7-,10?,11?/m1/s1. The molecule has 1 fully saturated rings. The first-order valence-corrected chi connectivity index (χ1v) is 5.00. The molecule has 2 unspecified atom stereocenters. The van der Waals surface area contributed by atoms with Crippen LogP contribution >= 0.6 is 0 Å². The minimum atomic E-state index is -1.18. The smallest absolute Gasteiger partial charge is 0.311 e. The van der Waals surface area contributed by atoms with E-state index < -0.39 is 22.8 Å². The second-order valence-corrected chi connectivity index (χ2v) is 4.85. The fourth-order valence-corrected chi connectivity index (χ4v) is 3.09. The van der Waals surface area contributed by atoms with E-state index in [0.717, 1.165) is 0 Å². The van der Waals surface area contributed by atoms with Crippen LogP contribution in [0.2, 0.25) is 0 Å². The lowest BCUT2D eigenvalue weighted by Gasteiger charge is -2.40. The molecular formula is C11H14O4. The van der Waals surface area contributed by atoms with Crippen LogP contribution in [0.15, 0.2) is 12.2 Å². The molecule has 0 amide bonds. The predicted molar refractivity (Wildman–Crippen MR) is 52.2 cm³/mol. The lowest BCUT2D eigenvalue weighted by atomic mass is 9.60. The van der Waals surface area contributed by atoms with Crippen LogP contribution in [-0.2, 0) is 9.59 Å². The van der Waals surface area contributed by atoms with Gasteiger partial charge < -0.3 is 10.2 Å². The number of allylic oxidation sites excluding steroid dienone is 2. The second kappa shape index (κ2) is 2.62. The molecule has 2 aliphatic carbocycles. The zero-order valence-corrected chi connectivity index (χ0v) is 8.73. The van der Waals surface area contributed by atoms with E-state index in [1.54, 1.807) is 13.8 Å². The summed E-state index contributed by atoms with van der Waals surface area (Å²) in [6.07, 6.45) is 4.35. The number of carbonyl (C=O) groups is 2. The van der Waals surface area contributed by atoms with Crippen molar-refractivity contribution in [3.8, 4) is 0 Å². The monoisotopic (exact) mass is 210 g/mol. The van der Waals surface area contributed by atoms with E-state index in [1.807, 2.05) is 12.2 Å². The highest BCUT2D eigenvalue weighted by Gasteiger charge is 2.68. The van der Waals surface area contributed by atoms with E-state index in [1.165, 1.54) is 0 Å². The molecule has 0 radical (unpaired) electrons. The van der Waals surface area contributed by atoms with Crippen molar-refractivity contribution in [2.45, 2.75) is 20.3 Å². The van der Waals surface area contributed by atoms with E-state index in [2.05, 4.69) is 0 Å². The molecule has 0 aromatic heterocycles. The van der Waals surface area contributed by atoms with E-state index in [0.29, 0.717) is 6.42 Å². The zero-order chi connectivity index (χ0) is 11.4. The molecule has 4 nitrogen and oxygen atoms in total. The molecule has 2 rings (SSSR count). The average molecular weight is 210 g/mol. The van der Waals surface area contributed by atoms with Crippen molar-refractivity contribution in [3.63, 3.8) is 0 Å². The third-order valence-corrected chi connectivity index (χ3v) is 4.53. The molecule has 4 atom stereocenters. The maximum atomic E-state index is 11.3. The normalized spacial score (nSPS) is 47.1. The van der Waals surface area contributed by atoms with E-state index in [9.17, 15) is 19.8 Å². The maximum Gasteiger partial charge on any atom is 0.311 e. The van der Waals surface area contributed by atoms with Gasteiger partial charge in [-0.05, 0) is 32.1 Å². The molecule has 2 aliphatic rings. The SMILES string of the molecule is CC1(C(=O)O)[C@@H]2C=C[C@H](C2)C1(C)C(=O)O. The first kappa shape index (κ1) is 10.2. The quantitative estimate of drug-likeness (QED) is 0.675. The predicted octanol–water partition coefficient (Wildman–Crippen LogP) is 1.37. The highest BCUT2D eigenvalue weighted by molar-refractivity contribution is 5.88. The molecule has 0 saturated heterocycles. The first-order chi connectivity index (χ1) is 6.85. The van der Waals surface area contributed by atoms with Gasteiger partial charge in [-0.2, -0.15) is 0 Å². The van der Waals surface area contributed by atoms with Crippen molar-refractivity contribution in [1.29, 1.82) is 0 Å². The lowest BCUT2D eigenvalue weighted by Crippen LogP contribution is -2.51. The Morgan fingerprint density at radius 1 is 1.07 bits per heavy atom. The second-order valence-electron chi connectivity index (χ2n) is 4.85. The Balaban J connectivity index is 2.59. The Labute approximate surface area is 87.6 Å².